The van der Waals surface area contributed by atoms with Crippen LogP contribution in [0.2, 0.25) is 0 Å². The Kier molecular flexibility index (Phi) is 3.46. The largest absolute Gasteiger partial charge is 0.311 e. The maximum absolute atomic E-state index is 4.53. The molecular formula is C14H20N6S. The molecule has 0 radical (unpaired) electrons. The summed E-state index contributed by atoms with van der Waals surface area (Å²) < 4.78 is 4.17. The van der Waals surface area contributed by atoms with Crippen LogP contribution in [0.3, 0.4) is 0 Å². The maximum atomic E-state index is 4.53. The van der Waals surface area contributed by atoms with Crippen LogP contribution in [0.1, 0.15) is 47.8 Å². The molecule has 0 saturated carbocycles. The van der Waals surface area contributed by atoms with Gasteiger partial charge < -0.3 is 9.88 Å². The van der Waals surface area contributed by atoms with Crippen molar-refractivity contribution in [3.63, 3.8) is 0 Å². The minimum atomic E-state index is 0.113. The van der Waals surface area contributed by atoms with Crippen molar-refractivity contribution in [2.75, 3.05) is 12.3 Å². The standard InChI is InChI=1S/C14H20N6S/c1-19-9-10(8-16-19)12-14-18-17-13(20(14)6-5-15-12)11-4-2-3-7-21-11/h8-9,11-12,15H,2-7H2,1H3. The fourth-order valence-corrected chi connectivity index (χ4v) is 4.53. The molecule has 0 aliphatic carbocycles. The summed E-state index contributed by atoms with van der Waals surface area (Å²) in [7, 11) is 1.95. The molecule has 1 fully saturated rings. The second-order valence-electron chi connectivity index (χ2n) is 5.76. The molecular weight excluding hydrogens is 284 g/mol. The normalized spacial score (nSPS) is 25.8. The van der Waals surface area contributed by atoms with E-state index in [1.54, 1.807) is 0 Å². The van der Waals surface area contributed by atoms with E-state index in [0.29, 0.717) is 5.25 Å². The van der Waals surface area contributed by atoms with Gasteiger partial charge in [0, 0.05) is 31.9 Å². The van der Waals surface area contributed by atoms with Gasteiger partial charge in [-0.15, -0.1) is 10.2 Å². The van der Waals surface area contributed by atoms with Gasteiger partial charge in [-0.2, -0.15) is 16.9 Å². The van der Waals surface area contributed by atoms with Crippen LogP contribution in [0.15, 0.2) is 12.4 Å². The summed E-state index contributed by atoms with van der Waals surface area (Å²) in [6, 6.07) is 0.113. The zero-order valence-corrected chi connectivity index (χ0v) is 13.0. The van der Waals surface area contributed by atoms with Crippen LogP contribution in [0.25, 0.3) is 0 Å². The highest BCUT2D eigenvalue weighted by molar-refractivity contribution is 7.99. The molecule has 1 N–H and O–H groups in total. The van der Waals surface area contributed by atoms with Crippen molar-refractivity contribution in [1.29, 1.82) is 0 Å². The zero-order valence-electron chi connectivity index (χ0n) is 12.2. The molecule has 4 heterocycles. The average Bonchev–Trinajstić information content (AvgIpc) is 3.14. The van der Waals surface area contributed by atoms with Crippen molar-refractivity contribution in [2.45, 2.75) is 37.1 Å². The van der Waals surface area contributed by atoms with Gasteiger partial charge in [-0.25, -0.2) is 0 Å². The lowest BCUT2D eigenvalue weighted by Gasteiger charge is -2.27. The summed E-state index contributed by atoms with van der Waals surface area (Å²) in [5.41, 5.74) is 1.16. The van der Waals surface area contributed by atoms with Crippen LogP contribution >= 0.6 is 11.8 Å². The Morgan fingerprint density at radius 3 is 2.95 bits per heavy atom. The van der Waals surface area contributed by atoms with Gasteiger partial charge in [0.2, 0.25) is 0 Å². The molecule has 2 aliphatic rings. The first kappa shape index (κ1) is 13.3. The van der Waals surface area contributed by atoms with Crippen LogP contribution in [0.5, 0.6) is 0 Å². The SMILES string of the molecule is Cn1cc(C2NCCn3c(C4CCCCS4)nnc32)cn1. The third-order valence-corrected chi connectivity index (χ3v) is 5.65. The lowest BCUT2D eigenvalue weighted by Crippen LogP contribution is -2.35. The lowest BCUT2D eigenvalue weighted by atomic mass is 10.1. The van der Waals surface area contributed by atoms with Gasteiger partial charge in [0.25, 0.3) is 0 Å². The third-order valence-electron chi connectivity index (χ3n) is 4.28. The quantitative estimate of drug-likeness (QED) is 0.914. The number of nitrogens with zero attached hydrogens (tertiary/aromatic N) is 5. The highest BCUT2D eigenvalue weighted by Gasteiger charge is 2.30. The van der Waals surface area contributed by atoms with Crippen molar-refractivity contribution in [3.8, 4) is 0 Å². The van der Waals surface area contributed by atoms with E-state index in [9.17, 15) is 0 Å². The van der Waals surface area contributed by atoms with Gasteiger partial charge in [0.05, 0.1) is 17.5 Å². The summed E-state index contributed by atoms with van der Waals surface area (Å²) in [5, 5.41) is 17.4. The molecule has 4 rings (SSSR count). The fraction of sp³-hybridized carbons (Fsp3) is 0.643. The van der Waals surface area contributed by atoms with E-state index in [0.717, 1.165) is 24.5 Å². The molecule has 0 amide bonds. The monoisotopic (exact) mass is 304 g/mol. The highest BCUT2D eigenvalue weighted by atomic mass is 32.2. The number of aromatic nitrogens is 5. The molecule has 7 heteroatoms. The molecule has 112 valence electrons. The van der Waals surface area contributed by atoms with Gasteiger partial charge in [0.15, 0.2) is 5.82 Å². The van der Waals surface area contributed by atoms with Crippen LogP contribution in [0, 0.1) is 0 Å². The average molecular weight is 304 g/mol. The fourth-order valence-electron chi connectivity index (χ4n) is 3.22. The highest BCUT2D eigenvalue weighted by Crippen LogP contribution is 2.38. The first-order chi connectivity index (χ1) is 10.3. The summed E-state index contributed by atoms with van der Waals surface area (Å²) in [5.74, 6) is 3.46. The predicted molar refractivity (Wildman–Crippen MR) is 82.1 cm³/mol. The van der Waals surface area contributed by atoms with E-state index in [1.807, 2.05) is 29.7 Å². The smallest absolute Gasteiger partial charge is 0.155 e. The summed E-state index contributed by atoms with van der Waals surface area (Å²) in [6.45, 7) is 1.92. The zero-order chi connectivity index (χ0) is 14.2. The molecule has 2 unspecified atom stereocenters. The van der Waals surface area contributed by atoms with Gasteiger partial charge in [-0.3, -0.25) is 4.68 Å². The Labute approximate surface area is 128 Å². The Morgan fingerprint density at radius 1 is 1.29 bits per heavy atom. The molecule has 6 nitrogen and oxygen atoms in total. The molecule has 2 aromatic rings. The van der Waals surface area contributed by atoms with E-state index in [-0.39, 0.29) is 6.04 Å². The van der Waals surface area contributed by atoms with Gasteiger partial charge in [0.1, 0.15) is 5.82 Å². The molecule has 2 aromatic heterocycles. The molecule has 21 heavy (non-hydrogen) atoms. The summed E-state index contributed by atoms with van der Waals surface area (Å²) in [4.78, 5) is 0. The van der Waals surface area contributed by atoms with Crippen LogP contribution in [-0.2, 0) is 13.6 Å². The second kappa shape index (κ2) is 5.46. The summed E-state index contributed by atoms with van der Waals surface area (Å²) >= 11 is 2.03. The van der Waals surface area contributed by atoms with Crippen molar-refractivity contribution in [2.24, 2.45) is 7.05 Å². The maximum Gasteiger partial charge on any atom is 0.155 e. The number of rotatable bonds is 2. The Morgan fingerprint density at radius 2 is 2.19 bits per heavy atom. The molecule has 2 atom stereocenters. The lowest BCUT2D eigenvalue weighted by molar-refractivity contribution is 0.444. The van der Waals surface area contributed by atoms with Crippen molar-refractivity contribution >= 4 is 11.8 Å². The number of aryl methyl sites for hydroxylation is 1. The first-order valence-electron chi connectivity index (χ1n) is 7.59. The first-order valence-corrected chi connectivity index (χ1v) is 8.64. The van der Waals surface area contributed by atoms with Crippen LogP contribution < -0.4 is 5.32 Å². The minimum Gasteiger partial charge on any atom is -0.311 e. The van der Waals surface area contributed by atoms with E-state index < -0.39 is 0 Å². The molecule has 0 bridgehead atoms. The predicted octanol–water partition coefficient (Wildman–Crippen LogP) is 1.66. The number of fused-ring (bicyclic) bond motifs is 1. The molecule has 0 spiro atoms. The van der Waals surface area contributed by atoms with Gasteiger partial charge >= 0.3 is 0 Å². The third kappa shape index (κ3) is 2.38. The topological polar surface area (TPSA) is 60.6 Å². The van der Waals surface area contributed by atoms with Crippen molar-refractivity contribution in [1.82, 2.24) is 29.9 Å². The van der Waals surface area contributed by atoms with E-state index in [1.165, 1.54) is 30.8 Å². The Bertz CT molecular complexity index is 627. The van der Waals surface area contributed by atoms with E-state index in [4.69, 9.17) is 0 Å². The van der Waals surface area contributed by atoms with Gasteiger partial charge in [-0.05, 0) is 18.6 Å². The molecule has 1 saturated heterocycles. The van der Waals surface area contributed by atoms with Crippen LogP contribution in [0.4, 0.5) is 0 Å². The molecule has 0 aromatic carbocycles. The Balaban J connectivity index is 1.68. The van der Waals surface area contributed by atoms with E-state index in [2.05, 4.69) is 31.4 Å². The van der Waals surface area contributed by atoms with Crippen molar-refractivity contribution in [3.05, 3.63) is 29.6 Å². The number of hydrogen-bond donors (Lipinski definition) is 1. The van der Waals surface area contributed by atoms with Gasteiger partial charge in [-0.1, -0.05) is 6.42 Å². The van der Waals surface area contributed by atoms with E-state index >= 15 is 0 Å². The summed E-state index contributed by atoms with van der Waals surface area (Å²) in [6.07, 6.45) is 7.84. The number of hydrogen-bond acceptors (Lipinski definition) is 5. The second-order valence-corrected chi connectivity index (χ2v) is 7.07. The van der Waals surface area contributed by atoms with Crippen LogP contribution in [-0.4, -0.2) is 36.8 Å². The number of thioether (sulfide) groups is 1. The van der Waals surface area contributed by atoms with Crippen molar-refractivity contribution < 1.29 is 0 Å². The minimum absolute atomic E-state index is 0.113. The Hall–Kier alpha value is -1.34. The molecule has 2 aliphatic heterocycles. The number of nitrogens with one attached hydrogen (secondary N) is 1.